The molecule has 6 heteroatoms. The standard InChI is InChI=1S/C18H26BClO4/c1-11-7-13(11)16-14(8-12(9-15(16)20)22-10-21-6)19-23-17(2,3)18(4,5)24-19/h8-9,11,13H,7,10H2,1-6H3/t11-,13+/m0/s1. The molecule has 1 aliphatic heterocycles. The summed E-state index contributed by atoms with van der Waals surface area (Å²) >= 11 is 6.60. The molecule has 0 radical (unpaired) electrons. The third-order valence-electron chi connectivity index (χ3n) is 5.47. The molecule has 0 amide bonds. The molecule has 24 heavy (non-hydrogen) atoms. The fourth-order valence-corrected chi connectivity index (χ4v) is 3.46. The maximum atomic E-state index is 6.60. The van der Waals surface area contributed by atoms with Crippen LogP contribution >= 0.6 is 11.6 Å². The van der Waals surface area contributed by atoms with Crippen LogP contribution in [-0.4, -0.2) is 32.2 Å². The van der Waals surface area contributed by atoms with Crippen molar-refractivity contribution in [2.75, 3.05) is 13.9 Å². The number of methoxy groups -OCH3 is 1. The van der Waals surface area contributed by atoms with Gasteiger partial charge in [-0.2, -0.15) is 0 Å². The van der Waals surface area contributed by atoms with Gasteiger partial charge in [0.15, 0.2) is 6.79 Å². The molecule has 1 heterocycles. The first kappa shape index (κ1) is 18.1. The second-order valence-corrected chi connectivity index (χ2v) is 8.27. The SMILES string of the molecule is COCOc1cc(Cl)c([C@@H]2C[C@@H]2C)c(B2OC(C)(C)C(C)(C)O2)c1. The first-order chi connectivity index (χ1) is 11.2. The van der Waals surface area contributed by atoms with Gasteiger partial charge in [-0.05, 0) is 69.1 Å². The van der Waals surface area contributed by atoms with E-state index in [1.165, 1.54) is 0 Å². The van der Waals surface area contributed by atoms with Crippen LogP contribution in [0.25, 0.3) is 0 Å². The molecule has 132 valence electrons. The van der Waals surface area contributed by atoms with E-state index in [9.17, 15) is 0 Å². The van der Waals surface area contributed by atoms with Crippen LogP contribution < -0.4 is 10.2 Å². The molecule has 2 atom stereocenters. The number of hydrogen-bond acceptors (Lipinski definition) is 4. The summed E-state index contributed by atoms with van der Waals surface area (Å²) < 4.78 is 23.1. The van der Waals surface area contributed by atoms with Gasteiger partial charge in [0, 0.05) is 12.1 Å². The maximum Gasteiger partial charge on any atom is 0.495 e. The van der Waals surface area contributed by atoms with Gasteiger partial charge in [-0.1, -0.05) is 18.5 Å². The molecule has 0 spiro atoms. The lowest BCUT2D eigenvalue weighted by atomic mass is 9.74. The lowest BCUT2D eigenvalue weighted by Crippen LogP contribution is -2.41. The molecule has 1 aromatic carbocycles. The third kappa shape index (κ3) is 3.19. The van der Waals surface area contributed by atoms with E-state index in [0.29, 0.717) is 22.6 Å². The van der Waals surface area contributed by atoms with Crippen LogP contribution in [0.1, 0.15) is 52.5 Å². The Kier molecular flexibility index (Phi) is 4.67. The summed E-state index contributed by atoms with van der Waals surface area (Å²) in [5, 5.41) is 0.711. The summed E-state index contributed by atoms with van der Waals surface area (Å²) in [4.78, 5) is 0. The minimum Gasteiger partial charge on any atom is -0.468 e. The van der Waals surface area contributed by atoms with Crippen LogP contribution in [-0.2, 0) is 14.0 Å². The summed E-state index contributed by atoms with van der Waals surface area (Å²) in [6.45, 7) is 10.6. The highest BCUT2D eigenvalue weighted by Gasteiger charge is 2.53. The van der Waals surface area contributed by atoms with E-state index in [1.54, 1.807) is 7.11 Å². The molecule has 4 nitrogen and oxygen atoms in total. The predicted octanol–water partition coefficient (Wildman–Crippen LogP) is 3.75. The highest BCUT2D eigenvalue weighted by molar-refractivity contribution is 6.63. The van der Waals surface area contributed by atoms with Crippen LogP contribution in [0, 0.1) is 5.92 Å². The van der Waals surface area contributed by atoms with Gasteiger partial charge < -0.3 is 18.8 Å². The Morgan fingerprint density at radius 2 is 1.79 bits per heavy atom. The molecular weight excluding hydrogens is 326 g/mol. The van der Waals surface area contributed by atoms with Gasteiger partial charge in [-0.15, -0.1) is 0 Å². The first-order valence-corrected chi connectivity index (χ1v) is 8.85. The lowest BCUT2D eigenvalue weighted by Gasteiger charge is -2.32. The zero-order valence-corrected chi connectivity index (χ0v) is 16.1. The van der Waals surface area contributed by atoms with E-state index in [1.807, 2.05) is 12.1 Å². The molecule has 0 aromatic heterocycles. The van der Waals surface area contributed by atoms with E-state index in [2.05, 4.69) is 34.6 Å². The van der Waals surface area contributed by atoms with E-state index in [-0.39, 0.29) is 18.0 Å². The summed E-state index contributed by atoms with van der Waals surface area (Å²) in [5.74, 6) is 1.76. The van der Waals surface area contributed by atoms with Crippen LogP contribution in [0.15, 0.2) is 12.1 Å². The predicted molar refractivity (Wildman–Crippen MR) is 96.2 cm³/mol. The molecule has 1 aliphatic carbocycles. The van der Waals surface area contributed by atoms with Crippen LogP contribution in [0.2, 0.25) is 5.02 Å². The zero-order chi connectivity index (χ0) is 17.7. The van der Waals surface area contributed by atoms with Gasteiger partial charge in [0.2, 0.25) is 0 Å². The Bertz CT molecular complexity index is 616. The minimum atomic E-state index is -0.443. The first-order valence-electron chi connectivity index (χ1n) is 8.47. The van der Waals surface area contributed by atoms with Gasteiger partial charge in [-0.3, -0.25) is 0 Å². The second-order valence-electron chi connectivity index (χ2n) is 7.87. The van der Waals surface area contributed by atoms with E-state index in [4.69, 9.17) is 30.4 Å². The number of benzene rings is 1. The highest BCUT2D eigenvalue weighted by Crippen LogP contribution is 2.49. The molecule has 0 bridgehead atoms. The minimum absolute atomic E-state index is 0.179. The van der Waals surface area contributed by atoms with E-state index in [0.717, 1.165) is 17.4 Å². The Hall–Kier alpha value is -0.745. The summed E-state index contributed by atoms with van der Waals surface area (Å²) in [6, 6.07) is 3.84. The van der Waals surface area contributed by atoms with Gasteiger partial charge in [0.1, 0.15) is 5.75 Å². The van der Waals surface area contributed by atoms with Crippen LogP contribution in [0.4, 0.5) is 0 Å². The van der Waals surface area contributed by atoms with E-state index >= 15 is 0 Å². The van der Waals surface area contributed by atoms with Crippen molar-refractivity contribution in [2.24, 2.45) is 5.92 Å². The Morgan fingerprint density at radius 1 is 1.21 bits per heavy atom. The molecule has 2 fully saturated rings. The Morgan fingerprint density at radius 3 is 2.29 bits per heavy atom. The van der Waals surface area contributed by atoms with Crippen LogP contribution in [0.3, 0.4) is 0 Å². The Balaban J connectivity index is 2.00. The second kappa shape index (κ2) is 6.20. The van der Waals surface area contributed by atoms with Crippen molar-refractivity contribution >= 4 is 24.2 Å². The smallest absolute Gasteiger partial charge is 0.468 e. The quantitative estimate of drug-likeness (QED) is 0.597. The third-order valence-corrected chi connectivity index (χ3v) is 5.78. The number of ether oxygens (including phenoxy) is 2. The largest absolute Gasteiger partial charge is 0.495 e. The fourth-order valence-electron chi connectivity index (χ4n) is 3.10. The molecule has 0 unspecified atom stereocenters. The molecular formula is C18H26BClO4. The van der Waals surface area contributed by atoms with Gasteiger partial charge in [-0.25, -0.2) is 0 Å². The average molecular weight is 353 g/mol. The molecule has 1 saturated carbocycles. The van der Waals surface area contributed by atoms with Crippen molar-refractivity contribution in [1.29, 1.82) is 0 Å². The van der Waals surface area contributed by atoms with Gasteiger partial charge >= 0.3 is 7.12 Å². The normalized spacial score (nSPS) is 27.4. The van der Waals surface area contributed by atoms with Crippen molar-refractivity contribution in [3.05, 3.63) is 22.7 Å². The zero-order valence-electron chi connectivity index (χ0n) is 15.3. The van der Waals surface area contributed by atoms with Gasteiger partial charge in [0.05, 0.1) is 11.2 Å². The topological polar surface area (TPSA) is 36.9 Å². The fraction of sp³-hybridized carbons (Fsp3) is 0.667. The van der Waals surface area contributed by atoms with Crippen molar-refractivity contribution < 1.29 is 18.8 Å². The molecule has 0 N–H and O–H groups in total. The monoisotopic (exact) mass is 352 g/mol. The summed E-state index contributed by atoms with van der Waals surface area (Å²) in [7, 11) is 1.15. The Labute approximate surface area is 149 Å². The molecule has 2 aliphatic rings. The van der Waals surface area contributed by atoms with Crippen molar-refractivity contribution in [1.82, 2.24) is 0 Å². The number of hydrogen-bond donors (Lipinski definition) is 0. The molecule has 1 saturated heterocycles. The summed E-state index contributed by atoms with van der Waals surface area (Å²) in [6.07, 6.45) is 1.14. The van der Waals surface area contributed by atoms with Gasteiger partial charge in [0.25, 0.3) is 0 Å². The number of halogens is 1. The van der Waals surface area contributed by atoms with E-state index < -0.39 is 7.12 Å². The average Bonchev–Trinajstić information content (AvgIpc) is 3.13. The maximum absolute atomic E-state index is 6.60. The van der Waals surface area contributed by atoms with Crippen molar-refractivity contribution in [3.63, 3.8) is 0 Å². The summed E-state index contributed by atoms with van der Waals surface area (Å²) in [5.41, 5.74) is 1.33. The highest BCUT2D eigenvalue weighted by atomic mass is 35.5. The molecule has 1 aromatic rings. The van der Waals surface area contributed by atoms with Crippen LogP contribution in [0.5, 0.6) is 5.75 Å². The molecule has 3 rings (SSSR count). The number of rotatable bonds is 5. The lowest BCUT2D eigenvalue weighted by molar-refractivity contribution is 0.00578. The van der Waals surface area contributed by atoms with Crippen molar-refractivity contribution in [2.45, 2.75) is 58.2 Å². The van der Waals surface area contributed by atoms with Crippen molar-refractivity contribution in [3.8, 4) is 5.75 Å².